The van der Waals surface area contributed by atoms with Crippen molar-refractivity contribution in [3.05, 3.63) is 281 Å². The van der Waals surface area contributed by atoms with Gasteiger partial charge in [-0.15, -0.1) is 0 Å². The second-order valence-corrected chi connectivity index (χ2v) is 23.4. The first kappa shape index (κ1) is 81.9. The lowest BCUT2D eigenvalue weighted by Gasteiger charge is -2.09. The maximum atomic E-state index is 14.0. The van der Waals surface area contributed by atoms with Crippen LogP contribution in [0.1, 0.15) is 38.9 Å². The second kappa shape index (κ2) is 36.1. The largest absolute Gasteiger partial charge is 0.454 e. The van der Waals surface area contributed by atoms with Crippen LogP contribution in [0.25, 0.3) is 45.0 Å². The third-order valence-corrected chi connectivity index (χ3v) is 14.5. The molecular weight excluding hydrogens is 1510 g/mol. The van der Waals surface area contributed by atoms with Crippen LogP contribution in [0.4, 0.5) is 70.2 Å². The van der Waals surface area contributed by atoms with E-state index in [-0.39, 0.29) is 48.0 Å². The van der Waals surface area contributed by atoms with Crippen molar-refractivity contribution in [1.82, 2.24) is 79.0 Å². The van der Waals surface area contributed by atoms with E-state index >= 15 is 0 Å². The van der Waals surface area contributed by atoms with Crippen LogP contribution in [0, 0.1) is 44.0 Å². The number of rotatable bonds is 20. The van der Waals surface area contributed by atoms with E-state index in [4.69, 9.17) is 0 Å². The van der Waals surface area contributed by atoms with E-state index in [0.29, 0.717) is 51.4 Å². The molecule has 0 radical (unpaired) electrons. The van der Waals surface area contributed by atoms with Crippen molar-refractivity contribution in [1.29, 1.82) is 0 Å². The molecule has 24 nitrogen and oxygen atoms in total. The molecule has 40 heteroatoms. The summed E-state index contributed by atoms with van der Waals surface area (Å²) in [5, 5.41) is 16.6. The van der Waals surface area contributed by atoms with E-state index in [2.05, 4.69) is 79.2 Å². The SMILES string of the molecule is Cc1ccc(Cn2nc(-c3cnc(OCC(F)(F)F)nc3)ccc2=O)c(F)c1.Cc1ccc(Cn2nc(-c3cnc(OCC(F)(F)F)nc3)ccc2=O)cc1.Cc1ccc(F)c(Cn2nc(-c3cnc(OCC(F)(F)F)nc3)ccc2=O)c1.O=c1ccc(-c2cnc(OCC(F)(F)F)nc2)nn1Cc1cccc(F)c1F. The number of aryl methyl sites for hydroxylation is 3. The summed E-state index contributed by atoms with van der Waals surface area (Å²) in [5.41, 5.74) is 5.13. The molecule has 0 aliphatic rings. The van der Waals surface area contributed by atoms with Gasteiger partial charge in [-0.1, -0.05) is 71.8 Å². The smallest absolute Gasteiger partial charge is 0.422 e. The van der Waals surface area contributed by atoms with E-state index in [1.807, 2.05) is 31.2 Å². The van der Waals surface area contributed by atoms with Crippen LogP contribution >= 0.6 is 0 Å². The van der Waals surface area contributed by atoms with Crippen LogP contribution in [0.2, 0.25) is 0 Å². The molecule has 111 heavy (non-hydrogen) atoms. The lowest BCUT2D eigenvalue weighted by atomic mass is 10.1. The van der Waals surface area contributed by atoms with E-state index in [9.17, 15) is 89.4 Å². The average molecular weight is 1560 g/mol. The first-order chi connectivity index (χ1) is 52.4. The molecule has 0 aliphatic carbocycles. The summed E-state index contributed by atoms with van der Waals surface area (Å²) in [4.78, 5) is 77.7. The van der Waals surface area contributed by atoms with Gasteiger partial charge in [-0.2, -0.15) is 73.1 Å². The van der Waals surface area contributed by atoms with Gasteiger partial charge in [0.25, 0.3) is 22.2 Å². The highest BCUT2D eigenvalue weighted by Gasteiger charge is 2.32. The molecule has 0 fully saturated rings. The summed E-state index contributed by atoms with van der Waals surface area (Å²) in [6.45, 7) is -0.660. The van der Waals surface area contributed by atoms with E-state index in [0.717, 1.165) is 48.4 Å². The number of nitrogens with zero attached hydrogens (tertiary/aromatic N) is 16. The van der Waals surface area contributed by atoms with Crippen molar-refractivity contribution in [3.8, 4) is 69.1 Å². The van der Waals surface area contributed by atoms with Gasteiger partial charge >= 0.3 is 48.7 Å². The summed E-state index contributed by atoms with van der Waals surface area (Å²) in [7, 11) is 0. The highest BCUT2D eigenvalue weighted by atomic mass is 19.4. The minimum absolute atomic E-state index is 0.0705. The summed E-state index contributed by atoms with van der Waals surface area (Å²) in [6, 6.07) is 29.4. The molecule has 0 amide bonds. The minimum Gasteiger partial charge on any atom is -0.454 e. The van der Waals surface area contributed by atoms with Gasteiger partial charge in [0.1, 0.15) is 11.6 Å². The first-order valence-electron chi connectivity index (χ1n) is 31.8. The maximum Gasteiger partial charge on any atom is 0.422 e. The van der Waals surface area contributed by atoms with Crippen LogP contribution in [0.5, 0.6) is 24.0 Å². The Kier molecular flexibility index (Phi) is 26.7. The molecule has 8 heterocycles. The molecule has 0 spiro atoms. The molecule has 0 atom stereocenters. The molecule has 8 aromatic heterocycles. The Hall–Kier alpha value is -13.2. The van der Waals surface area contributed by atoms with E-state index in [1.165, 1.54) is 121 Å². The average Bonchev–Trinajstić information content (AvgIpc) is 0.832. The second-order valence-electron chi connectivity index (χ2n) is 23.4. The highest BCUT2D eigenvalue weighted by molar-refractivity contribution is 5.58. The van der Waals surface area contributed by atoms with Crippen molar-refractivity contribution in [2.75, 3.05) is 26.4 Å². The van der Waals surface area contributed by atoms with Crippen molar-refractivity contribution in [3.63, 3.8) is 0 Å². The molecule has 0 saturated carbocycles. The van der Waals surface area contributed by atoms with Crippen LogP contribution in [-0.4, -0.2) is 130 Å². The lowest BCUT2D eigenvalue weighted by molar-refractivity contribution is -0.155. The van der Waals surface area contributed by atoms with E-state index < -0.39 is 109 Å². The van der Waals surface area contributed by atoms with Crippen LogP contribution in [-0.2, 0) is 26.2 Å². The molecule has 12 rings (SSSR count). The summed E-state index contributed by atoms with van der Waals surface area (Å²) in [5.74, 6) is -3.05. The van der Waals surface area contributed by atoms with Gasteiger partial charge in [0.2, 0.25) is 0 Å². The predicted octanol–water partition coefficient (Wildman–Crippen LogP) is 12.2. The number of hydrogen-bond donors (Lipinski definition) is 0. The molecule has 0 saturated heterocycles. The standard InChI is InChI=1S/2C18H14F4N4O2.C18H15F3N4O2.C17H11F5N4O2/c1-11-2-3-14(19)12(6-11)9-26-16(27)5-4-15(25-26)13-7-23-17(24-8-13)28-10-18(20,21)22;1-11-2-3-12(14(19)6-11)9-26-16(27)5-4-15(25-26)13-7-23-17(24-8-13)28-10-18(20,21)22;1-12-2-4-13(5-3-12)10-25-16(26)7-6-15(24-25)14-8-22-17(23-9-14)27-11-18(19,20)21;18-12-3-1-2-10(15(12)19)8-26-14(27)5-4-13(25-26)11-6-23-16(24-7-11)28-9-17(20,21)22/h2*2-8H,9-10H2,1H3;2-9H,10-11H2,1H3;1-7H,8-9H2. The van der Waals surface area contributed by atoms with Crippen LogP contribution in [0.3, 0.4) is 0 Å². The zero-order valence-electron chi connectivity index (χ0n) is 57.4. The third-order valence-electron chi connectivity index (χ3n) is 14.5. The fourth-order valence-corrected chi connectivity index (χ4v) is 9.17. The summed E-state index contributed by atoms with van der Waals surface area (Å²) < 4.78 is 223. The Morgan fingerprint density at radius 1 is 0.306 bits per heavy atom. The Balaban J connectivity index is 0.000000170. The molecule has 578 valence electrons. The van der Waals surface area contributed by atoms with Gasteiger partial charge in [-0.3, -0.25) is 19.2 Å². The summed E-state index contributed by atoms with van der Waals surface area (Å²) in [6.07, 6.45) is -8.16. The van der Waals surface area contributed by atoms with Crippen molar-refractivity contribution >= 4 is 0 Å². The normalized spacial score (nSPS) is 11.5. The van der Waals surface area contributed by atoms with E-state index in [1.54, 1.807) is 38.1 Å². The van der Waals surface area contributed by atoms with Gasteiger partial charge in [0.15, 0.2) is 38.1 Å². The molecule has 0 bridgehead atoms. The first-order valence-corrected chi connectivity index (χ1v) is 31.8. The molecule has 0 N–H and O–H groups in total. The maximum absolute atomic E-state index is 14.0. The van der Waals surface area contributed by atoms with Crippen molar-refractivity contribution in [2.24, 2.45) is 0 Å². The highest BCUT2D eigenvalue weighted by Crippen LogP contribution is 2.25. The predicted molar refractivity (Wildman–Crippen MR) is 361 cm³/mol. The molecule has 12 aromatic rings. The summed E-state index contributed by atoms with van der Waals surface area (Å²) >= 11 is 0. The number of benzene rings is 4. The number of hydrogen-bond acceptors (Lipinski definition) is 20. The van der Waals surface area contributed by atoms with Gasteiger partial charge in [0.05, 0.1) is 49.0 Å². The minimum atomic E-state index is -4.52. The molecule has 0 aliphatic heterocycles. The molecule has 4 aromatic carbocycles. The fraction of sp³-hybridized carbons (Fsp3) is 0.211. The Labute approximate surface area is 614 Å². The number of aromatic nitrogens is 16. The lowest BCUT2D eigenvalue weighted by Crippen LogP contribution is -2.23. The molecule has 0 unspecified atom stereocenters. The van der Waals surface area contributed by atoms with Gasteiger partial charge in [-0.05, 0) is 74.4 Å². The zero-order valence-corrected chi connectivity index (χ0v) is 57.4. The topological polar surface area (TPSA) is 280 Å². The number of halogens is 16. The zero-order chi connectivity index (χ0) is 80.4. The van der Waals surface area contributed by atoms with Gasteiger partial charge < -0.3 is 18.9 Å². The van der Waals surface area contributed by atoms with Gasteiger partial charge in [0, 0.05) is 113 Å². The molecular formula is C71H54F16N16O8. The fourth-order valence-electron chi connectivity index (χ4n) is 9.17. The van der Waals surface area contributed by atoms with Crippen LogP contribution in [0.15, 0.2) is 196 Å². The third kappa shape index (κ3) is 25.5. The Morgan fingerprint density at radius 3 is 0.955 bits per heavy atom. The number of alkyl halides is 12. The number of ether oxygens (including phenoxy) is 4. The van der Waals surface area contributed by atoms with Crippen LogP contribution < -0.4 is 41.2 Å². The van der Waals surface area contributed by atoms with Gasteiger partial charge in [-0.25, -0.2) is 76.2 Å². The Morgan fingerprint density at radius 2 is 0.613 bits per heavy atom. The van der Waals surface area contributed by atoms with Crippen molar-refractivity contribution < 1.29 is 89.2 Å². The van der Waals surface area contributed by atoms with Crippen molar-refractivity contribution in [2.45, 2.75) is 71.7 Å². The Bertz CT molecular complexity index is 5290. The quantitative estimate of drug-likeness (QED) is 0.0641. The monoisotopic (exact) mass is 1560 g/mol.